The van der Waals surface area contributed by atoms with E-state index in [9.17, 15) is 5.11 Å². The molecule has 1 aliphatic rings. The van der Waals surface area contributed by atoms with Gasteiger partial charge in [0.1, 0.15) is 5.60 Å². The van der Waals surface area contributed by atoms with Crippen molar-refractivity contribution in [3.8, 4) is 0 Å². The summed E-state index contributed by atoms with van der Waals surface area (Å²) in [6.07, 6.45) is 6.24. The van der Waals surface area contributed by atoms with E-state index in [2.05, 4.69) is 41.4 Å². The molecule has 0 saturated heterocycles. The topological polar surface area (TPSA) is 23.5 Å². The molecular weight excluding hydrogens is 330 g/mol. The van der Waals surface area contributed by atoms with Crippen LogP contribution in [0.25, 0.3) is 0 Å². The van der Waals surface area contributed by atoms with Crippen molar-refractivity contribution in [3.05, 3.63) is 132 Å². The molecule has 2 nitrogen and oxygen atoms in total. The lowest BCUT2D eigenvalue weighted by Crippen LogP contribution is -2.32. The van der Waals surface area contributed by atoms with Crippen LogP contribution in [0, 0.1) is 0 Å². The largest absolute Gasteiger partial charge is 0.376 e. The summed E-state index contributed by atoms with van der Waals surface area (Å²) in [5.74, 6) is 0. The van der Waals surface area contributed by atoms with Crippen LogP contribution in [0.3, 0.4) is 0 Å². The smallest absolute Gasteiger partial charge is 0.140 e. The minimum atomic E-state index is -1.15. The predicted octanol–water partition coefficient (Wildman–Crippen LogP) is 4.88. The Bertz CT molecular complexity index is 890. The SMILES string of the molecule is OC(C1=CCN(Cc2ccccc2)C=C1)(c1ccccc1)c1ccccc1. The molecular formula is C25H23NO. The second kappa shape index (κ2) is 7.65. The number of aliphatic hydroxyl groups is 1. The predicted molar refractivity (Wildman–Crippen MR) is 110 cm³/mol. The molecule has 0 atom stereocenters. The molecule has 0 fully saturated rings. The zero-order valence-corrected chi connectivity index (χ0v) is 15.2. The second-order valence-electron chi connectivity index (χ2n) is 6.83. The maximum absolute atomic E-state index is 11.8. The van der Waals surface area contributed by atoms with Crippen LogP contribution >= 0.6 is 0 Å². The molecule has 0 saturated carbocycles. The Morgan fingerprint density at radius 2 is 1.26 bits per heavy atom. The normalized spacial score (nSPS) is 14.1. The first-order valence-corrected chi connectivity index (χ1v) is 9.27. The highest BCUT2D eigenvalue weighted by Crippen LogP contribution is 2.38. The lowest BCUT2D eigenvalue weighted by molar-refractivity contribution is 0.123. The Hall–Kier alpha value is -3.10. The van der Waals surface area contributed by atoms with E-state index in [0.717, 1.165) is 29.8 Å². The van der Waals surface area contributed by atoms with Crippen LogP contribution in [0.2, 0.25) is 0 Å². The molecule has 27 heavy (non-hydrogen) atoms. The monoisotopic (exact) mass is 353 g/mol. The zero-order valence-electron chi connectivity index (χ0n) is 15.2. The van der Waals surface area contributed by atoms with Gasteiger partial charge in [-0.2, -0.15) is 0 Å². The Kier molecular flexibility index (Phi) is 4.91. The minimum absolute atomic E-state index is 0.767. The van der Waals surface area contributed by atoms with Crippen LogP contribution in [0.4, 0.5) is 0 Å². The molecule has 4 rings (SSSR count). The highest BCUT2D eigenvalue weighted by Gasteiger charge is 2.35. The van der Waals surface area contributed by atoms with Gasteiger partial charge < -0.3 is 10.0 Å². The summed E-state index contributed by atoms with van der Waals surface area (Å²) in [4.78, 5) is 2.25. The van der Waals surface area contributed by atoms with Crippen LogP contribution in [0.15, 0.2) is 115 Å². The quantitative estimate of drug-likeness (QED) is 0.707. The number of benzene rings is 3. The first-order chi connectivity index (χ1) is 13.3. The summed E-state index contributed by atoms with van der Waals surface area (Å²) in [6, 6.07) is 30.2. The van der Waals surface area contributed by atoms with Gasteiger partial charge in [-0.3, -0.25) is 0 Å². The molecule has 0 radical (unpaired) electrons. The Labute approximate surface area is 160 Å². The lowest BCUT2D eigenvalue weighted by Gasteiger charge is -2.34. The average Bonchev–Trinajstić information content (AvgIpc) is 2.76. The van der Waals surface area contributed by atoms with Crippen molar-refractivity contribution in [2.75, 3.05) is 6.54 Å². The summed E-state index contributed by atoms with van der Waals surface area (Å²) in [6.45, 7) is 1.62. The van der Waals surface area contributed by atoms with Gasteiger partial charge in [-0.15, -0.1) is 0 Å². The van der Waals surface area contributed by atoms with Gasteiger partial charge in [-0.25, -0.2) is 0 Å². The van der Waals surface area contributed by atoms with Crippen LogP contribution in [-0.4, -0.2) is 16.6 Å². The molecule has 0 aromatic heterocycles. The molecule has 1 aliphatic heterocycles. The van der Waals surface area contributed by atoms with Crippen LogP contribution in [0.1, 0.15) is 16.7 Å². The maximum atomic E-state index is 11.8. The van der Waals surface area contributed by atoms with E-state index in [1.807, 2.05) is 72.8 Å². The van der Waals surface area contributed by atoms with Gasteiger partial charge in [0.2, 0.25) is 0 Å². The molecule has 1 N–H and O–H groups in total. The van der Waals surface area contributed by atoms with Crippen LogP contribution in [0.5, 0.6) is 0 Å². The average molecular weight is 353 g/mol. The van der Waals surface area contributed by atoms with Crippen molar-refractivity contribution in [2.45, 2.75) is 12.1 Å². The van der Waals surface area contributed by atoms with E-state index >= 15 is 0 Å². The number of rotatable bonds is 5. The summed E-state index contributed by atoms with van der Waals surface area (Å²) in [5, 5.41) is 11.8. The third-order valence-corrected chi connectivity index (χ3v) is 5.04. The summed E-state index contributed by atoms with van der Waals surface area (Å²) in [7, 11) is 0. The molecule has 3 aromatic carbocycles. The van der Waals surface area contributed by atoms with Crippen molar-refractivity contribution in [2.24, 2.45) is 0 Å². The van der Waals surface area contributed by atoms with Crippen molar-refractivity contribution in [3.63, 3.8) is 0 Å². The number of hydrogen-bond donors (Lipinski definition) is 1. The van der Waals surface area contributed by atoms with E-state index < -0.39 is 5.60 Å². The van der Waals surface area contributed by atoms with Crippen molar-refractivity contribution in [1.82, 2.24) is 4.90 Å². The molecule has 0 unspecified atom stereocenters. The lowest BCUT2D eigenvalue weighted by atomic mass is 9.79. The van der Waals surface area contributed by atoms with E-state index in [4.69, 9.17) is 0 Å². The molecule has 0 amide bonds. The number of nitrogens with zero attached hydrogens (tertiary/aromatic N) is 1. The first kappa shape index (κ1) is 17.3. The third-order valence-electron chi connectivity index (χ3n) is 5.04. The van der Waals surface area contributed by atoms with Gasteiger partial charge in [0.25, 0.3) is 0 Å². The fourth-order valence-electron chi connectivity index (χ4n) is 3.59. The van der Waals surface area contributed by atoms with Gasteiger partial charge in [-0.05, 0) is 28.3 Å². The van der Waals surface area contributed by atoms with Gasteiger partial charge in [0, 0.05) is 19.3 Å². The molecule has 0 bridgehead atoms. The van der Waals surface area contributed by atoms with Crippen molar-refractivity contribution >= 4 is 0 Å². The van der Waals surface area contributed by atoms with Crippen molar-refractivity contribution < 1.29 is 5.11 Å². The highest BCUT2D eigenvalue weighted by atomic mass is 16.3. The fourth-order valence-corrected chi connectivity index (χ4v) is 3.59. The summed E-state index contributed by atoms with van der Waals surface area (Å²) < 4.78 is 0. The first-order valence-electron chi connectivity index (χ1n) is 9.27. The van der Waals surface area contributed by atoms with Crippen LogP contribution in [-0.2, 0) is 12.1 Å². The van der Waals surface area contributed by atoms with Gasteiger partial charge in [-0.1, -0.05) is 97.1 Å². The van der Waals surface area contributed by atoms with Gasteiger partial charge in [0.05, 0.1) is 0 Å². The van der Waals surface area contributed by atoms with E-state index in [1.165, 1.54) is 5.56 Å². The Morgan fingerprint density at radius 3 is 1.74 bits per heavy atom. The standard InChI is InChI=1S/C25H23NO/c27-25(22-12-6-2-7-13-22,23-14-8-3-9-15-23)24-16-18-26(19-17-24)20-21-10-4-1-5-11-21/h1-18,27H,19-20H2. The van der Waals surface area contributed by atoms with Crippen LogP contribution < -0.4 is 0 Å². The van der Waals surface area contributed by atoms with Gasteiger partial charge in [0.15, 0.2) is 0 Å². The molecule has 0 spiro atoms. The Balaban J connectivity index is 1.64. The molecule has 1 heterocycles. The maximum Gasteiger partial charge on any atom is 0.140 e. The van der Waals surface area contributed by atoms with E-state index in [0.29, 0.717) is 0 Å². The van der Waals surface area contributed by atoms with Crippen molar-refractivity contribution in [1.29, 1.82) is 0 Å². The fraction of sp³-hybridized carbons (Fsp3) is 0.120. The van der Waals surface area contributed by atoms with E-state index in [1.54, 1.807) is 0 Å². The molecule has 134 valence electrons. The second-order valence-corrected chi connectivity index (χ2v) is 6.83. The highest BCUT2D eigenvalue weighted by molar-refractivity contribution is 5.49. The van der Waals surface area contributed by atoms with Gasteiger partial charge >= 0.3 is 0 Å². The van der Waals surface area contributed by atoms with E-state index in [-0.39, 0.29) is 0 Å². The number of hydrogen-bond acceptors (Lipinski definition) is 2. The zero-order chi connectivity index (χ0) is 18.5. The summed E-state index contributed by atoms with van der Waals surface area (Å²) >= 11 is 0. The molecule has 0 aliphatic carbocycles. The minimum Gasteiger partial charge on any atom is -0.376 e. The Morgan fingerprint density at radius 1 is 0.741 bits per heavy atom. The molecule has 3 aromatic rings. The molecule has 2 heteroatoms. The third kappa shape index (κ3) is 3.57. The summed E-state index contributed by atoms with van der Waals surface area (Å²) in [5.41, 5.74) is 2.79.